The number of benzene rings is 2. The Balaban J connectivity index is 0.00000420. The van der Waals surface area contributed by atoms with E-state index >= 15 is 0 Å². The summed E-state index contributed by atoms with van der Waals surface area (Å²) in [5.41, 5.74) is 6.74. The van der Waals surface area contributed by atoms with Crippen molar-refractivity contribution in [2.45, 2.75) is 6.04 Å². The second-order valence-corrected chi connectivity index (χ2v) is 5.91. The molecule has 0 aliphatic heterocycles. The maximum atomic E-state index is 12.3. The van der Waals surface area contributed by atoms with Crippen molar-refractivity contribution in [2.24, 2.45) is 5.73 Å². The van der Waals surface area contributed by atoms with Gasteiger partial charge in [0.15, 0.2) is 0 Å². The largest absolute Gasteiger partial charge is 0.497 e. The highest BCUT2D eigenvalue weighted by atomic mass is 35.5. The molecule has 0 aliphatic carbocycles. The number of carbonyl (C=O) groups excluding carboxylic acids is 2. The Morgan fingerprint density at radius 3 is 2.45 bits per heavy atom. The topological polar surface area (TPSA) is 112 Å². The third-order valence-electron chi connectivity index (χ3n) is 3.80. The van der Waals surface area contributed by atoms with Gasteiger partial charge in [0.2, 0.25) is 5.91 Å². The van der Waals surface area contributed by atoms with Gasteiger partial charge in [-0.2, -0.15) is 0 Å². The number of nitrogens with one attached hydrogen (secondary N) is 2. The number of methoxy groups -OCH3 is 2. The second-order valence-electron chi connectivity index (χ2n) is 5.91. The Bertz CT molecular complexity index is 786. The molecule has 2 aromatic rings. The van der Waals surface area contributed by atoms with Crippen molar-refractivity contribution in [2.75, 3.05) is 39.3 Å². The average molecular weight is 424 g/mol. The van der Waals surface area contributed by atoms with E-state index in [-0.39, 0.29) is 37.4 Å². The van der Waals surface area contributed by atoms with E-state index in [1.54, 1.807) is 55.6 Å². The lowest BCUT2D eigenvalue weighted by Crippen LogP contribution is -2.44. The first-order chi connectivity index (χ1) is 13.5. The van der Waals surface area contributed by atoms with Crippen molar-refractivity contribution >= 4 is 29.9 Å². The van der Waals surface area contributed by atoms with E-state index in [2.05, 4.69) is 10.6 Å². The van der Waals surface area contributed by atoms with Crippen molar-refractivity contribution in [1.82, 2.24) is 5.32 Å². The molecule has 0 aromatic heterocycles. The van der Waals surface area contributed by atoms with Crippen molar-refractivity contribution in [1.29, 1.82) is 0 Å². The predicted molar refractivity (Wildman–Crippen MR) is 113 cm³/mol. The molecule has 2 aromatic carbocycles. The molecule has 0 spiro atoms. The van der Waals surface area contributed by atoms with Crippen molar-refractivity contribution in [3.8, 4) is 11.5 Å². The molecule has 1 unspecified atom stereocenters. The SMILES string of the molecule is COCC(N)C(=O)NCCOc1cccc(NC(=O)c2ccc(OC)cc2)c1.Cl. The highest BCUT2D eigenvalue weighted by molar-refractivity contribution is 6.04. The normalized spacial score (nSPS) is 11.0. The number of halogens is 1. The molecule has 8 nitrogen and oxygen atoms in total. The fourth-order valence-corrected chi connectivity index (χ4v) is 2.34. The standard InChI is InChI=1S/C20H25N3O5.ClH/c1-26-13-18(21)20(25)22-10-11-28-17-5-3-4-15(12-17)23-19(24)14-6-8-16(27-2)9-7-14;/h3-9,12,18H,10-11,13,21H2,1-2H3,(H,22,25)(H,23,24);1H. The lowest BCUT2D eigenvalue weighted by atomic mass is 10.2. The molecule has 0 saturated carbocycles. The smallest absolute Gasteiger partial charge is 0.255 e. The molecule has 2 amide bonds. The number of ether oxygens (including phenoxy) is 3. The zero-order chi connectivity index (χ0) is 20.4. The maximum Gasteiger partial charge on any atom is 0.255 e. The second kappa shape index (κ2) is 12.6. The summed E-state index contributed by atoms with van der Waals surface area (Å²) in [4.78, 5) is 24.0. The van der Waals surface area contributed by atoms with E-state index in [4.69, 9.17) is 19.9 Å². The van der Waals surface area contributed by atoms with Gasteiger partial charge in [-0.25, -0.2) is 0 Å². The van der Waals surface area contributed by atoms with E-state index in [0.717, 1.165) is 0 Å². The van der Waals surface area contributed by atoms with Crippen molar-refractivity contribution in [3.63, 3.8) is 0 Å². The average Bonchev–Trinajstić information content (AvgIpc) is 2.71. The van der Waals surface area contributed by atoms with Crippen LogP contribution in [0, 0.1) is 0 Å². The Hall–Kier alpha value is -2.81. The first kappa shape index (κ1) is 24.2. The molecule has 0 saturated heterocycles. The minimum atomic E-state index is -0.707. The molecule has 9 heteroatoms. The number of anilines is 1. The van der Waals surface area contributed by atoms with E-state index in [9.17, 15) is 9.59 Å². The molecular weight excluding hydrogens is 398 g/mol. The Labute approximate surface area is 176 Å². The number of hydrogen-bond acceptors (Lipinski definition) is 6. The predicted octanol–water partition coefficient (Wildman–Crippen LogP) is 1.84. The zero-order valence-corrected chi connectivity index (χ0v) is 17.2. The highest BCUT2D eigenvalue weighted by Crippen LogP contribution is 2.19. The molecule has 29 heavy (non-hydrogen) atoms. The fourth-order valence-electron chi connectivity index (χ4n) is 2.34. The van der Waals surface area contributed by atoms with Gasteiger partial charge < -0.3 is 30.6 Å². The molecular formula is C20H26ClN3O5. The van der Waals surface area contributed by atoms with Crippen LogP contribution in [0.25, 0.3) is 0 Å². The molecule has 0 aliphatic rings. The van der Waals surface area contributed by atoms with Crippen LogP contribution in [-0.2, 0) is 9.53 Å². The quantitative estimate of drug-likeness (QED) is 0.503. The maximum absolute atomic E-state index is 12.3. The van der Waals surface area contributed by atoms with E-state index in [1.807, 2.05) is 0 Å². The summed E-state index contributed by atoms with van der Waals surface area (Å²) in [5, 5.41) is 5.48. The third-order valence-corrected chi connectivity index (χ3v) is 3.80. The highest BCUT2D eigenvalue weighted by Gasteiger charge is 2.12. The molecule has 4 N–H and O–H groups in total. The van der Waals surface area contributed by atoms with Crippen molar-refractivity contribution in [3.05, 3.63) is 54.1 Å². The summed E-state index contributed by atoms with van der Waals surface area (Å²) < 4.78 is 15.5. The summed E-state index contributed by atoms with van der Waals surface area (Å²) >= 11 is 0. The number of amides is 2. The van der Waals surface area contributed by atoms with Gasteiger partial charge in [0.1, 0.15) is 24.1 Å². The van der Waals surface area contributed by atoms with Crippen LogP contribution in [0.2, 0.25) is 0 Å². The van der Waals surface area contributed by atoms with E-state index in [0.29, 0.717) is 29.3 Å². The van der Waals surface area contributed by atoms with Gasteiger partial charge in [0.05, 0.1) is 20.3 Å². The van der Waals surface area contributed by atoms with Gasteiger partial charge in [0, 0.05) is 24.4 Å². The first-order valence-corrected chi connectivity index (χ1v) is 8.74. The minimum absolute atomic E-state index is 0. The number of rotatable bonds is 10. The lowest BCUT2D eigenvalue weighted by Gasteiger charge is -2.12. The van der Waals surface area contributed by atoms with Gasteiger partial charge in [-0.1, -0.05) is 6.07 Å². The van der Waals surface area contributed by atoms with Crippen LogP contribution in [0.1, 0.15) is 10.4 Å². The first-order valence-electron chi connectivity index (χ1n) is 8.74. The molecule has 0 bridgehead atoms. The Morgan fingerprint density at radius 2 is 1.79 bits per heavy atom. The molecule has 158 valence electrons. The van der Waals surface area contributed by atoms with E-state index < -0.39 is 6.04 Å². The van der Waals surface area contributed by atoms with Crippen molar-refractivity contribution < 1.29 is 23.8 Å². The van der Waals surface area contributed by atoms with Gasteiger partial charge in [0.25, 0.3) is 5.91 Å². The minimum Gasteiger partial charge on any atom is -0.497 e. The number of carbonyl (C=O) groups is 2. The van der Waals surface area contributed by atoms with Gasteiger partial charge in [-0.05, 0) is 36.4 Å². The summed E-state index contributed by atoms with van der Waals surface area (Å²) in [6.07, 6.45) is 0. The van der Waals surface area contributed by atoms with Crippen LogP contribution in [0.4, 0.5) is 5.69 Å². The van der Waals surface area contributed by atoms with Crippen LogP contribution < -0.4 is 25.8 Å². The Morgan fingerprint density at radius 1 is 1.07 bits per heavy atom. The molecule has 2 rings (SSSR count). The van der Waals surface area contributed by atoms with Gasteiger partial charge in [-0.3, -0.25) is 9.59 Å². The molecule has 1 atom stereocenters. The molecule has 0 fully saturated rings. The van der Waals surface area contributed by atoms with Gasteiger partial charge >= 0.3 is 0 Å². The third kappa shape index (κ3) is 7.98. The summed E-state index contributed by atoms with van der Waals surface area (Å²) in [7, 11) is 3.05. The van der Waals surface area contributed by atoms with Crippen LogP contribution in [0.5, 0.6) is 11.5 Å². The van der Waals surface area contributed by atoms with Gasteiger partial charge in [-0.15, -0.1) is 12.4 Å². The van der Waals surface area contributed by atoms with Crippen LogP contribution in [-0.4, -0.2) is 51.8 Å². The molecule has 0 radical (unpaired) electrons. The summed E-state index contributed by atoms with van der Waals surface area (Å²) in [5.74, 6) is 0.718. The summed E-state index contributed by atoms with van der Waals surface area (Å²) in [6, 6.07) is 13.1. The zero-order valence-electron chi connectivity index (χ0n) is 16.3. The fraction of sp³-hybridized carbons (Fsp3) is 0.300. The van der Waals surface area contributed by atoms with Crippen LogP contribution >= 0.6 is 12.4 Å². The lowest BCUT2D eigenvalue weighted by molar-refractivity contribution is -0.123. The monoisotopic (exact) mass is 423 g/mol. The Kier molecular flexibility index (Phi) is 10.5. The van der Waals surface area contributed by atoms with E-state index in [1.165, 1.54) is 7.11 Å². The van der Waals surface area contributed by atoms with Crippen LogP contribution in [0.15, 0.2) is 48.5 Å². The van der Waals surface area contributed by atoms with Crippen LogP contribution in [0.3, 0.4) is 0 Å². The number of nitrogens with two attached hydrogens (primary N) is 1. The summed E-state index contributed by atoms with van der Waals surface area (Å²) in [6.45, 7) is 0.725. The number of hydrogen-bond donors (Lipinski definition) is 3. The molecule has 0 heterocycles.